The van der Waals surface area contributed by atoms with Crippen LogP contribution in [-0.4, -0.2) is 5.25 Å². The number of thiol groups is 1. The van der Waals surface area contributed by atoms with Crippen LogP contribution >= 0.6 is 12.6 Å². The van der Waals surface area contributed by atoms with Gasteiger partial charge in [-0.25, -0.2) is 0 Å². The summed E-state index contributed by atoms with van der Waals surface area (Å²) in [6.07, 6.45) is 10.7. The first-order chi connectivity index (χ1) is 7.85. The van der Waals surface area contributed by atoms with E-state index < -0.39 is 0 Å². The Labute approximate surface area is 113 Å². The highest BCUT2D eigenvalue weighted by atomic mass is 32.1. The van der Waals surface area contributed by atoms with Crippen molar-refractivity contribution < 1.29 is 0 Å². The van der Waals surface area contributed by atoms with Crippen LogP contribution < -0.4 is 0 Å². The molecule has 0 saturated heterocycles. The van der Waals surface area contributed by atoms with Gasteiger partial charge in [-0.2, -0.15) is 12.6 Å². The molecule has 0 aliphatic rings. The highest BCUT2D eigenvalue weighted by Crippen LogP contribution is 2.35. The van der Waals surface area contributed by atoms with Gasteiger partial charge in [0.15, 0.2) is 0 Å². The summed E-state index contributed by atoms with van der Waals surface area (Å²) in [6.45, 7) is 16.6. The molecule has 96 valence electrons. The maximum Gasteiger partial charge on any atom is 0.0272 e. The lowest BCUT2D eigenvalue weighted by Crippen LogP contribution is -2.24. The molecule has 0 aliphatic heterocycles. The van der Waals surface area contributed by atoms with Crippen molar-refractivity contribution in [2.45, 2.75) is 39.4 Å². The molecule has 0 saturated carbocycles. The molecule has 1 heteroatoms. The Hall–Kier alpha value is -0.690. The summed E-state index contributed by atoms with van der Waals surface area (Å²) in [5.74, 6) is 0.644. The molecule has 0 heterocycles. The lowest BCUT2D eigenvalue weighted by Gasteiger charge is -2.32. The molecule has 0 nitrogen and oxygen atoms in total. The summed E-state index contributed by atoms with van der Waals surface area (Å²) in [6, 6.07) is 0. The van der Waals surface area contributed by atoms with E-state index in [-0.39, 0.29) is 10.7 Å². The van der Waals surface area contributed by atoms with Gasteiger partial charge in [0, 0.05) is 5.25 Å². The molecular weight excluding hydrogens is 224 g/mol. The molecule has 0 amide bonds. The Balaban J connectivity index is 4.81. The van der Waals surface area contributed by atoms with E-state index in [9.17, 15) is 0 Å². The van der Waals surface area contributed by atoms with Gasteiger partial charge in [0.2, 0.25) is 0 Å². The summed E-state index contributed by atoms with van der Waals surface area (Å²) in [5, 5.41) is 0.238. The van der Waals surface area contributed by atoms with Gasteiger partial charge < -0.3 is 0 Å². The van der Waals surface area contributed by atoms with E-state index in [0.29, 0.717) is 5.92 Å². The molecule has 0 spiro atoms. The van der Waals surface area contributed by atoms with Gasteiger partial charge in [0.05, 0.1) is 0 Å². The Morgan fingerprint density at radius 3 is 2.24 bits per heavy atom. The van der Waals surface area contributed by atoms with Crippen molar-refractivity contribution >= 4 is 12.6 Å². The standard InChI is InChI=1S/C16H26S/c1-7-9-11-14(10-8-2)15(17)12-16(5,6)13(3)4/h7-11,13,15,17H,1-2,12H2,3-6H3/b11-9-,14-10+. The highest BCUT2D eigenvalue weighted by molar-refractivity contribution is 7.81. The Bertz CT molecular complexity index is 305. The van der Waals surface area contributed by atoms with Crippen LogP contribution in [0, 0.1) is 11.3 Å². The minimum atomic E-state index is 0.238. The maximum atomic E-state index is 4.72. The quantitative estimate of drug-likeness (QED) is 0.465. The summed E-state index contributed by atoms with van der Waals surface area (Å²) in [4.78, 5) is 0. The number of allylic oxidation sites excluding steroid dienone is 5. The Morgan fingerprint density at radius 2 is 1.82 bits per heavy atom. The molecule has 1 atom stereocenters. The molecule has 0 aromatic heterocycles. The van der Waals surface area contributed by atoms with Gasteiger partial charge in [-0.1, -0.05) is 71.2 Å². The van der Waals surface area contributed by atoms with Crippen molar-refractivity contribution in [1.82, 2.24) is 0 Å². The van der Waals surface area contributed by atoms with Crippen LogP contribution in [0.2, 0.25) is 0 Å². The Morgan fingerprint density at radius 1 is 1.24 bits per heavy atom. The van der Waals surface area contributed by atoms with Gasteiger partial charge in [-0.3, -0.25) is 0 Å². The second-order valence-electron chi connectivity index (χ2n) is 5.36. The fraction of sp³-hybridized carbons (Fsp3) is 0.500. The van der Waals surface area contributed by atoms with Crippen LogP contribution in [0.5, 0.6) is 0 Å². The molecule has 17 heavy (non-hydrogen) atoms. The zero-order valence-corrected chi connectivity index (χ0v) is 12.5. The summed E-state index contributed by atoms with van der Waals surface area (Å²) < 4.78 is 0. The molecule has 0 aromatic carbocycles. The van der Waals surface area contributed by atoms with Crippen LogP contribution in [0.15, 0.2) is 49.1 Å². The fourth-order valence-corrected chi connectivity index (χ4v) is 2.09. The summed E-state index contributed by atoms with van der Waals surface area (Å²) in [7, 11) is 0. The second-order valence-corrected chi connectivity index (χ2v) is 5.98. The largest absolute Gasteiger partial charge is 0.171 e. The topological polar surface area (TPSA) is 0 Å². The highest BCUT2D eigenvalue weighted by Gasteiger charge is 2.25. The average Bonchev–Trinajstić information content (AvgIpc) is 2.23. The second kappa shape index (κ2) is 7.60. The number of rotatable bonds is 7. The predicted molar refractivity (Wildman–Crippen MR) is 83.6 cm³/mol. The van der Waals surface area contributed by atoms with Crippen LogP contribution in [0.4, 0.5) is 0 Å². The molecule has 1 unspecified atom stereocenters. The minimum Gasteiger partial charge on any atom is -0.171 e. The average molecular weight is 250 g/mol. The zero-order chi connectivity index (χ0) is 13.5. The van der Waals surface area contributed by atoms with Crippen molar-refractivity contribution in [2.24, 2.45) is 11.3 Å². The minimum absolute atomic E-state index is 0.238. The molecule has 0 N–H and O–H groups in total. The first-order valence-corrected chi connectivity index (χ1v) is 6.66. The summed E-state index contributed by atoms with van der Waals surface area (Å²) in [5.41, 5.74) is 1.48. The van der Waals surface area contributed by atoms with Crippen LogP contribution in [0.3, 0.4) is 0 Å². The third-order valence-corrected chi connectivity index (χ3v) is 3.88. The molecule has 0 radical (unpaired) electrons. The van der Waals surface area contributed by atoms with E-state index in [0.717, 1.165) is 6.42 Å². The van der Waals surface area contributed by atoms with E-state index in [1.165, 1.54) is 5.57 Å². The lowest BCUT2D eigenvalue weighted by atomic mass is 9.76. The normalized spacial score (nSPS) is 15.3. The Kier molecular flexibility index (Phi) is 7.29. The molecule has 0 rings (SSSR count). The van der Waals surface area contributed by atoms with Crippen molar-refractivity contribution in [3.8, 4) is 0 Å². The van der Waals surface area contributed by atoms with E-state index >= 15 is 0 Å². The third-order valence-electron chi connectivity index (χ3n) is 3.40. The molecule has 0 aliphatic carbocycles. The van der Waals surface area contributed by atoms with Gasteiger partial charge >= 0.3 is 0 Å². The number of hydrogen-bond acceptors (Lipinski definition) is 1. The smallest absolute Gasteiger partial charge is 0.0272 e. The van der Waals surface area contributed by atoms with E-state index in [2.05, 4.69) is 46.9 Å². The van der Waals surface area contributed by atoms with E-state index in [1.54, 1.807) is 6.08 Å². The van der Waals surface area contributed by atoms with Crippen molar-refractivity contribution in [2.75, 3.05) is 0 Å². The molecule has 0 aromatic rings. The van der Waals surface area contributed by atoms with Gasteiger partial charge in [-0.15, -0.1) is 0 Å². The first kappa shape index (κ1) is 16.3. The lowest BCUT2D eigenvalue weighted by molar-refractivity contribution is 0.233. The van der Waals surface area contributed by atoms with Crippen molar-refractivity contribution in [1.29, 1.82) is 0 Å². The molecule has 0 bridgehead atoms. The van der Waals surface area contributed by atoms with Crippen LogP contribution in [0.25, 0.3) is 0 Å². The van der Waals surface area contributed by atoms with Crippen molar-refractivity contribution in [3.63, 3.8) is 0 Å². The van der Waals surface area contributed by atoms with Gasteiger partial charge in [-0.05, 0) is 23.3 Å². The summed E-state index contributed by atoms with van der Waals surface area (Å²) >= 11 is 4.72. The van der Waals surface area contributed by atoms with E-state index in [4.69, 9.17) is 12.6 Å². The van der Waals surface area contributed by atoms with Crippen molar-refractivity contribution in [3.05, 3.63) is 49.1 Å². The first-order valence-electron chi connectivity index (χ1n) is 6.15. The fourth-order valence-electron chi connectivity index (χ4n) is 1.44. The third kappa shape index (κ3) is 5.97. The van der Waals surface area contributed by atoms with Gasteiger partial charge in [0.1, 0.15) is 0 Å². The SMILES string of the molecule is C=C/C=C\C(=C/C=C)C(S)CC(C)(C)C(C)C. The van der Waals surface area contributed by atoms with Crippen LogP contribution in [0.1, 0.15) is 34.1 Å². The molecular formula is C16H26S. The number of hydrogen-bond donors (Lipinski definition) is 1. The van der Waals surface area contributed by atoms with E-state index in [1.807, 2.05) is 18.2 Å². The van der Waals surface area contributed by atoms with Gasteiger partial charge in [0.25, 0.3) is 0 Å². The monoisotopic (exact) mass is 250 g/mol. The molecule has 0 fully saturated rings. The maximum absolute atomic E-state index is 4.72. The zero-order valence-electron chi connectivity index (χ0n) is 11.6. The van der Waals surface area contributed by atoms with Crippen LogP contribution in [-0.2, 0) is 0 Å². The predicted octanol–water partition coefficient (Wildman–Crippen LogP) is 5.21.